The molecule has 19 heavy (non-hydrogen) atoms. The Labute approximate surface area is 116 Å². The van der Waals surface area contributed by atoms with Crippen LogP contribution in [0.4, 0.5) is 0 Å². The van der Waals surface area contributed by atoms with Gasteiger partial charge in [0.25, 0.3) is 0 Å². The van der Waals surface area contributed by atoms with Gasteiger partial charge in [0.1, 0.15) is 0 Å². The van der Waals surface area contributed by atoms with Crippen LogP contribution in [0.3, 0.4) is 0 Å². The number of carboxylic acids is 1. The van der Waals surface area contributed by atoms with E-state index in [9.17, 15) is 4.79 Å². The van der Waals surface area contributed by atoms with Gasteiger partial charge in [-0.25, -0.2) is 0 Å². The van der Waals surface area contributed by atoms with E-state index in [-0.39, 0.29) is 5.92 Å². The molecular weight excluding hydrogens is 238 g/mol. The van der Waals surface area contributed by atoms with Gasteiger partial charge in [-0.2, -0.15) is 0 Å². The molecule has 2 N–H and O–H groups in total. The molecule has 0 spiro atoms. The SMILES string of the molecule is O=C(O)C1CCC(NC(C2CCC2)C2CCC2)CC1. The minimum Gasteiger partial charge on any atom is -0.481 e. The summed E-state index contributed by atoms with van der Waals surface area (Å²) in [6.07, 6.45) is 12.4. The third-order valence-corrected chi connectivity index (χ3v) is 5.82. The summed E-state index contributed by atoms with van der Waals surface area (Å²) in [5.41, 5.74) is 0. The van der Waals surface area contributed by atoms with Gasteiger partial charge in [0.15, 0.2) is 0 Å². The van der Waals surface area contributed by atoms with E-state index < -0.39 is 5.97 Å². The molecule has 0 amide bonds. The maximum atomic E-state index is 11.0. The van der Waals surface area contributed by atoms with E-state index in [1.165, 1.54) is 38.5 Å². The molecule has 3 rings (SSSR count). The van der Waals surface area contributed by atoms with Gasteiger partial charge in [0.05, 0.1) is 5.92 Å². The highest BCUT2D eigenvalue weighted by Crippen LogP contribution is 2.40. The van der Waals surface area contributed by atoms with E-state index in [1.54, 1.807) is 0 Å². The van der Waals surface area contributed by atoms with Crippen molar-refractivity contribution in [1.82, 2.24) is 5.32 Å². The Bertz CT molecular complexity index is 301. The maximum Gasteiger partial charge on any atom is 0.306 e. The summed E-state index contributed by atoms with van der Waals surface area (Å²) in [5, 5.41) is 13.0. The zero-order chi connectivity index (χ0) is 13.2. The number of hydrogen-bond donors (Lipinski definition) is 2. The van der Waals surface area contributed by atoms with E-state index in [1.807, 2.05) is 0 Å². The minimum absolute atomic E-state index is 0.0797. The van der Waals surface area contributed by atoms with Gasteiger partial charge in [-0.3, -0.25) is 4.79 Å². The van der Waals surface area contributed by atoms with Crippen molar-refractivity contribution in [3.8, 4) is 0 Å². The Balaban J connectivity index is 1.50. The van der Waals surface area contributed by atoms with Crippen molar-refractivity contribution in [2.24, 2.45) is 17.8 Å². The molecule has 0 aromatic heterocycles. The van der Waals surface area contributed by atoms with Crippen molar-refractivity contribution in [3.05, 3.63) is 0 Å². The molecule has 3 nitrogen and oxygen atoms in total. The number of carboxylic acid groups (broad SMARTS) is 1. The van der Waals surface area contributed by atoms with Crippen LogP contribution in [0, 0.1) is 17.8 Å². The molecule has 0 aliphatic heterocycles. The molecule has 0 heterocycles. The summed E-state index contributed by atoms with van der Waals surface area (Å²) >= 11 is 0. The second-order valence-electron chi connectivity index (χ2n) is 6.96. The third-order valence-electron chi connectivity index (χ3n) is 5.82. The Morgan fingerprint density at radius 2 is 1.42 bits per heavy atom. The lowest BCUT2D eigenvalue weighted by molar-refractivity contribution is -0.142. The van der Waals surface area contributed by atoms with Gasteiger partial charge in [-0.15, -0.1) is 0 Å². The lowest BCUT2D eigenvalue weighted by atomic mass is 9.68. The molecule has 3 saturated carbocycles. The predicted molar refractivity (Wildman–Crippen MR) is 75.0 cm³/mol. The third kappa shape index (κ3) is 2.96. The van der Waals surface area contributed by atoms with Crippen LogP contribution in [0.5, 0.6) is 0 Å². The highest BCUT2D eigenvalue weighted by atomic mass is 16.4. The largest absolute Gasteiger partial charge is 0.481 e. The average molecular weight is 265 g/mol. The van der Waals surface area contributed by atoms with Gasteiger partial charge in [-0.05, 0) is 63.2 Å². The first-order valence-electron chi connectivity index (χ1n) is 8.23. The molecule has 3 fully saturated rings. The highest BCUT2D eigenvalue weighted by molar-refractivity contribution is 5.70. The summed E-state index contributed by atoms with van der Waals surface area (Å²) in [7, 11) is 0. The number of hydrogen-bond acceptors (Lipinski definition) is 2. The van der Waals surface area contributed by atoms with Crippen molar-refractivity contribution in [1.29, 1.82) is 0 Å². The summed E-state index contributed by atoms with van der Waals surface area (Å²) in [6.45, 7) is 0. The van der Waals surface area contributed by atoms with E-state index >= 15 is 0 Å². The van der Waals surface area contributed by atoms with Crippen LogP contribution in [-0.2, 0) is 4.79 Å². The molecule has 3 heteroatoms. The zero-order valence-corrected chi connectivity index (χ0v) is 11.8. The van der Waals surface area contributed by atoms with Crippen molar-refractivity contribution in [2.45, 2.75) is 76.3 Å². The van der Waals surface area contributed by atoms with Crippen LogP contribution in [0.2, 0.25) is 0 Å². The monoisotopic (exact) mass is 265 g/mol. The van der Waals surface area contributed by atoms with Crippen LogP contribution in [0.15, 0.2) is 0 Å². The quantitative estimate of drug-likeness (QED) is 0.802. The second-order valence-corrected chi connectivity index (χ2v) is 6.96. The molecule has 3 aliphatic rings. The smallest absolute Gasteiger partial charge is 0.306 e. The van der Waals surface area contributed by atoms with Gasteiger partial charge in [0.2, 0.25) is 0 Å². The fourth-order valence-corrected chi connectivity index (χ4v) is 4.03. The average Bonchev–Trinajstić information content (AvgIpc) is 2.25. The fourth-order valence-electron chi connectivity index (χ4n) is 4.03. The highest BCUT2D eigenvalue weighted by Gasteiger charge is 2.37. The molecule has 108 valence electrons. The van der Waals surface area contributed by atoms with Crippen LogP contribution >= 0.6 is 0 Å². The first-order chi connectivity index (χ1) is 9.24. The minimum atomic E-state index is -0.590. The number of aliphatic carboxylic acids is 1. The fraction of sp³-hybridized carbons (Fsp3) is 0.938. The molecule has 0 unspecified atom stereocenters. The van der Waals surface area contributed by atoms with Crippen LogP contribution < -0.4 is 5.32 Å². The zero-order valence-electron chi connectivity index (χ0n) is 11.8. The van der Waals surface area contributed by atoms with Crippen molar-refractivity contribution >= 4 is 5.97 Å². The van der Waals surface area contributed by atoms with E-state index in [0.717, 1.165) is 43.6 Å². The van der Waals surface area contributed by atoms with Crippen LogP contribution in [-0.4, -0.2) is 23.2 Å². The van der Waals surface area contributed by atoms with Crippen LogP contribution in [0.25, 0.3) is 0 Å². The Morgan fingerprint density at radius 1 is 0.895 bits per heavy atom. The number of nitrogens with one attached hydrogen (secondary N) is 1. The second kappa shape index (κ2) is 5.82. The summed E-state index contributed by atoms with van der Waals surface area (Å²) in [4.78, 5) is 11.0. The summed E-state index contributed by atoms with van der Waals surface area (Å²) < 4.78 is 0. The lowest BCUT2D eigenvalue weighted by Gasteiger charge is -2.45. The maximum absolute atomic E-state index is 11.0. The number of carbonyl (C=O) groups is 1. The first kappa shape index (κ1) is 13.4. The van der Waals surface area contributed by atoms with Gasteiger partial charge < -0.3 is 10.4 Å². The summed E-state index contributed by atoms with van der Waals surface area (Å²) in [6, 6.07) is 1.33. The van der Waals surface area contributed by atoms with Crippen molar-refractivity contribution in [3.63, 3.8) is 0 Å². The summed E-state index contributed by atoms with van der Waals surface area (Å²) in [5.74, 6) is 1.17. The standard InChI is InChI=1S/C16H27NO2/c18-16(19)13-7-9-14(10-8-13)17-15(11-3-1-4-11)12-5-2-6-12/h11-15,17H,1-10H2,(H,18,19). The Hall–Kier alpha value is -0.570. The topological polar surface area (TPSA) is 49.3 Å². The molecular formula is C16H27NO2. The van der Waals surface area contributed by atoms with Crippen LogP contribution in [0.1, 0.15) is 64.2 Å². The van der Waals surface area contributed by atoms with E-state index in [0.29, 0.717) is 6.04 Å². The normalized spacial score (nSPS) is 32.9. The van der Waals surface area contributed by atoms with Gasteiger partial charge >= 0.3 is 5.97 Å². The molecule has 0 atom stereocenters. The molecule has 0 radical (unpaired) electrons. The Morgan fingerprint density at radius 3 is 1.79 bits per heavy atom. The lowest BCUT2D eigenvalue weighted by Crippen LogP contribution is -2.51. The molecule has 0 saturated heterocycles. The molecule has 0 aromatic carbocycles. The van der Waals surface area contributed by atoms with E-state index in [2.05, 4.69) is 5.32 Å². The van der Waals surface area contributed by atoms with Crippen molar-refractivity contribution in [2.75, 3.05) is 0 Å². The Kier molecular flexibility index (Phi) is 4.11. The van der Waals surface area contributed by atoms with Gasteiger partial charge in [-0.1, -0.05) is 12.8 Å². The number of rotatable bonds is 5. The first-order valence-corrected chi connectivity index (χ1v) is 8.23. The predicted octanol–water partition coefficient (Wildman–Crippen LogP) is 3.19. The van der Waals surface area contributed by atoms with Gasteiger partial charge in [0, 0.05) is 12.1 Å². The van der Waals surface area contributed by atoms with E-state index in [4.69, 9.17) is 5.11 Å². The van der Waals surface area contributed by atoms with Crippen molar-refractivity contribution < 1.29 is 9.90 Å². The molecule has 0 aromatic rings. The molecule has 0 bridgehead atoms. The molecule has 3 aliphatic carbocycles.